The summed E-state index contributed by atoms with van der Waals surface area (Å²) in [6.45, 7) is -0.0799. The Bertz CT molecular complexity index is 26.1. The number of hydrogen-bond acceptors (Lipinski definition) is 2. The number of hydrogen-bond donors (Lipinski definition) is 1. The molecule has 0 fully saturated rings. The van der Waals surface area contributed by atoms with Crippen LogP contribution in [0.4, 0.5) is 0 Å². The van der Waals surface area contributed by atoms with Gasteiger partial charge < -0.3 is 9.90 Å². The van der Waals surface area contributed by atoms with E-state index in [1.165, 1.54) is 6.29 Å². The van der Waals surface area contributed by atoms with E-state index < -0.39 is 0 Å². The van der Waals surface area contributed by atoms with Crippen LogP contribution in [-0.4, -0.2) is 18.0 Å². The van der Waals surface area contributed by atoms with E-state index in [1.807, 2.05) is 0 Å². The van der Waals surface area contributed by atoms with E-state index in [2.05, 4.69) is 0 Å². The highest BCUT2D eigenvalue weighted by Crippen LogP contribution is 1.58. The van der Waals surface area contributed by atoms with Crippen LogP contribution in [0.5, 0.6) is 0 Å². The van der Waals surface area contributed by atoms with Gasteiger partial charge in [0, 0.05) is 6.61 Å². The molecule has 0 aliphatic rings. The van der Waals surface area contributed by atoms with Crippen molar-refractivity contribution in [3.05, 3.63) is 0 Å². The summed E-state index contributed by atoms with van der Waals surface area (Å²) in [6.07, 6.45) is 1.66. The molecule has 0 aliphatic heterocycles. The lowest BCUT2D eigenvalue weighted by Crippen LogP contribution is -1.78. The molecule has 0 aromatic carbocycles. The Kier molecular flexibility index (Phi) is 3.36. The molecule has 0 atom stereocenters. The van der Waals surface area contributed by atoms with Crippen molar-refractivity contribution in [3.63, 3.8) is 0 Å². The van der Waals surface area contributed by atoms with Crippen molar-refractivity contribution in [2.75, 3.05) is 6.61 Å². The zero-order valence-corrected chi connectivity index (χ0v) is 2.77. The highest BCUT2D eigenvalue weighted by Gasteiger charge is 1.53. The SMILES string of the molecule is O=[C-]CCO. The summed E-state index contributed by atoms with van der Waals surface area (Å²) >= 11 is 0. The first-order valence-corrected chi connectivity index (χ1v) is 1.37. The molecule has 0 aliphatic carbocycles. The van der Waals surface area contributed by atoms with Crippen molar-refractivity contribution in [3.8, 4) is 0 Å². The number of aliphatic hydroxyl groups excluding tert-OH is 1. The Morgan fingerprint density at radius 2 is 2.40 bits per heavy atom. The Morgan fingerprint density at radius 3 is 2.40 bits per heavy atom. The Balaban J connectivity index is 2.40. The number of aliphatic hydroxyl groups is 1. The monoisotopic (exact) mass is 73.0 g/mol. The smallest absolute Gasteiger partial charge is 0.0192 e. The van der Waals surface area contributed by atoms with Gasteiger partial charge in [0.2, 0.25) is 0 Å². The Hall–Kier alpha value is -0.370. The van der Waals surface area contributed by atoms with Gasteiger partial charge >= 0.3 is 0 Å². The molecular weight excluding hydrogens is 68.0 g/mol. The average molecular weight is 73.1 g/mol. The van der Waals surface area contributed by atoms with Crippen LogP contribution in [0.25, 0.3) is 0 Å². The highest BCUT2D eigenvalue weighted by atomic mass is 16.3. The van der Waals surface area contributed by atoms with Gasteiger partial charge in [-0.2, -0.15) is 0 Å². The lowest BCUT2D eigenvalue weighted by atomic mass is 10.5. The molecule has 0 unspecified atom stereocenters. The van der Waals surface area contributed by atoms with Crippen LogP contribution in [-0.2, 0) is 4.79 Å². The third-order valence-corrected chi connectivity index (χ3v) is 0.214. The van der Waals surface area contributed by atoms with Crippen LogP contribution in [0.1, 0.15) is 6.42 Å². The minimum absolute atomic E-state index is 0.0799. The van der Waals surface area contributed by atoms with Crippen molar-refractivity contribution < 1.29 is 9.90 Å². The average Bonchev–Trinajstić information content (AvgIpc) is 1.41. The summed E-state index contributed by atoms with van der Waals surface area (Å²) in [5, 5.41) is 7.80. The van der Waals surface area contributed by atoms with Gasteiger partial charge in [0.1, 0.15) is 0 Å². The fourth-order valence-corrected chi connectivity index (χ4v) is 0.0456. The summed E-state index contributed by atoms with van der Waals surface area (Å²) < 4.78 is 0. The molecule has 5 heavy (non-hydrogen) atoms. The minimum atomic E-state index is -0.0799. The van der Waals surface area contributed by atoms with E-state index in [0.29, 0.717) is 0 Å². The first-order chi connectivity index (χ1) is 2.41. The van der Waals surface area contributed by atoms with E-state index in [4.69, 9.17) is 9.90 Å². The van der Waals surface area contributed by atoms with E-state index in [9.17, 15) is 0 Å². The second-order valence-corrected chi connectivity index (χ2v) is 0.618. The number of rotatable bonds is 2. The van der Waals surface area contributed by atoms with E-state index >= 15 is 0 Å². The predicted octanol–water partition coefficient (Wildman–Crippen LogP) is -0.522. The molecular formula is C3H5O2-. The van der Waals surface area contributed by atoms with E-state index in [0.717, 1.165) is 0 Å². The maximum Gasteiger partial charge on any atom is 0.0192 e. The van der Waals surface area contributed by atoms with Crippen LogP contribution in [0, 0.1) is 0 Å². The zero-order valence-electron chi connectivity index (χ0n) is 2.77. The van der Waals surface area contributed by atoms with Gasteiger partial charge in [0.05, 0.1) is 0 Å². The molecule has 0 aromatic rings. The molecule has 2 nitrogen and oxygen atoms in total. The Morgan fingerprint density at radius 1 is 1.80 bits per heavy atom. The van der Waals surface area contributed by atoms with Gasteiger partial charge in [0.25, 0.3) is 0 Å². The van der Waals surface area contributed by atoms with Crippen molar-refractivity contribution in [2.45, 2.75) is 6.42 Å². The van der Waals surface area contributed by atoms with Crippen molar-refractivity contribution in [2.24, 2.45) is 0 Å². The van der Waals surface area contributed by atoms with Crippen LogP contribution < -0.4 is 0 Å². The molecule has 0 rings (SSSR count). The molecule has 0 amide bonds. The fourth-order valence-electron chi connectivity index (χ4n) is 0.0456. The van der Waals surface area contributed by atoms with Crippen molar-refractivity contribution >= 4 is 6.29 Å². The first kappa shape index (κ1) is 4.63. The van der Waals surface area contributed by atoms with Crippen LogP contribution in [0.2, 0.25) is 0 Å². The molecule has 0 spiro atoms. The van der Waals surface area contributed by atoms with Crippen molar-refractivity contribution in [1.29, 1.82) is 0 Å². The molecule has 0 radical (unpaired) electrons. The minimum Gasteiger partial charge on any atom is -0.542 e. The van der Waals surface area contributed by atoms with Crippen LogP contribution in [0.3, 0.4) is 0 Å². The predicted molar refractivity (Wildman–Crippen MR) is 17.4 cm³/mol. The van der Waals surface area contributed by atoms with Crippen LogP contribution in [0.15, 0.2) is 0 Å². The lowest BCUT2D eigenvalue weighted by molar-refractivity contribution is 0.305. The molecule has 0 saturated heterocycles. The van der Waals surface area contributed by atoms with E-state index in [-0.39, 0.29) is 13.0 Å². The zero-order chi connectivity index (χ0) is 4.12. The maximum absolute atomic E-state index is 9.12. The van der Waals surface area contributed by atoms with Gasteiger partial charge in [-0.15, -0.1) is 6.42 Å². The quantitative estimate of drug-likeness (QED) is 0.446. The lowest BCUT2D eigenvalue weighted by Gasteiger charge is -1.83. The summed E-state index contributed by atoms with van der Waals surface area (Å²) in [6, 6.07) is 0. The molecule has 0 heterocycles. The third-order valence-electron chi connectivity index (χ3n) is 0.214. The van der Waals surface area contributed by atoms with Gasteiger partial charge in [0.15, 0.2) is 0 Å². The van der Waals surface area contributed by atoms with Gasteiger partial charge in [-0.05, 0) is 0 Å². The van der Waals surface area contributed by atoms with E-state index in [1.54, 1.807) is 0 Å². The summed E-state index contributed by atoms with van der Waals surface area (Å²) in [7, 11) is 0. The van der Waals surface area contributed by atoms with Crippen molar-refractivity contribution in [1.82, 2.24) is 0 Å². The summed E-state index contributed by atoms with van der Waals surface area (Å²) in [5.74, 6) is 0. The van der Waals surface area contributed by atoms with Gasteiger partial charge in [-0.25, -0.2) is 0 Å². The first-order valence-electron chi connectivity index (χ1n) is 1.37. The second-order valence-electron chi connectivity index (χ2n) is 0.618. The molecule has 0 aromatic heterocycles. The van der Waals surface area contributed by atoms with Gasteiger partial charge in [-0.3, -0.25) is 6.29 Å². The van der Waals surface area contributed by atoms with Crippen LogP contribution >= 0.6 is 0 Å². The fraction of sp³-hybridized carbons (Fsp3) is 0.667. The summed E-state index contributed by atoms with van der Waals surface area (Å²) in [4.78, 5) is 9.12. The second kappa shape index (κ2) is 3.63. The number of carbonyl (C=O) groups excluding carboxylic acids is 1. The molecule has 0 bridgehead atoms. The molecule has 30 valence electrons. The molecule has 1 N–H and O–H groups in total. The Labute approximate surface area is 30.4 Å². The summed E-state index contributed by atoms with van der Waals surface area (Å²) in [5.41, 5.74) is 0. The normalized spacial score (nSPS) is 7.40. The standard InChI is InChI=1S/C3H5O2/c4-2-1-3-5/h4H,1-2H2/q-1. The largest absolute Gasteiger partial charge is 0.542 e. The molecule has 2 heteroatoms. The topological polar surface area (TPSA) is 37.3 Å². The maximum atomic E-state index is 9.12. The highest BCUT2D eigenvalue weighted by molar-refractivity contribution is 5.50. The third kappa shape index (κ3) is 3.63. The molecule has 0 saturated carbocycles. The van der Waals surface area contributed by atoms with Gasteiger partial charge in [-0.1, -0.05) is 0 Å².